The highest BCUT2D eigenvalue weighted by Crippen LogP contribution is 2.17. The van der Waals surface area contributed by atoms with Gasteiger partial charge in [-0.3, -0.25) is 9.59 Å². The zero-order valence-corrected chi connectivity index (χ0v) is 13.6. The molecule has 22 heavy (non-hydrogen) atoms. The van der Waals surface area contributed by atoms with E-state index >= 15 is 0 Å². The molecule has 0 aliphatic rings. The molecule has 2 amide bonds. The van der Waals surface area contributed by atoms with Gasteiger partial charge < -0.3 is 15.8 Å². The van der Waals surface area contributed by atoms with Crippen LogP contribution in [0.1, 0.15) is 50.4 Å². The number of rotatable bonds is 9. The van der Waals surface area contributed by atoms with Crippen molar-refractivity contribution in [3.05, 3.63) is 29.8 Å². The van der Waals surface area contributed by atoms with E-state index in [1.807, 2.05) is 6.92 Å². The molecule has 1 rings (SSSR count). The van der Waals surface area contributed by atoms with Gasteiger partial charge in [-0.2, -0.15) is 0 Å². The summed E-state index contributed by atoms with van der Waals surface area (Å²) in [5, 5.41) is 2.89. The van der Waals surface area contributed by atoms with Crippen molar-refractivity contribution >= 4 is 11.8 Å². The highest BCUT2D eigenvalue weighted by molar-refractivity contribution is 5.95. The Bertz CT molecular complexity index is 500. The summed E-state index contributed by atoms with van der Waals surface area (Å²) < 4.78 is 5.39. The Morgan fingerprint density at radius 1 is 1.18 bits per heavy atom. The lowest BCUT2D eigenvalue weighted by Crippen LogP contribution is -2.36. The van der Waals surface area contributed by atoms with Crippen LogP contribution in [-0.4, -0.2) is 24.5 Å². The Kier molecular flexibility index (Phi) is 7.43. The third kappa shape index (κ3) is 6.61. The molecule has 0 saturated carbocycles. The number of para-hydroxylation sites is 1. The number of benzene rings is 1. The summed E-state index contributed by atoms with van der Waals surface area (Å²) >= 11 is 0. The van der Waals surface area contributed by atoms with Crippen LogP contribution in [0.3, 0.4) is 0 Å². The predicted molar refractivity (Wildman–Crippen MR) is 86.7 cm³/mol. The van der Waals surface area contributed by atoms with Crippen LogP contribution in [0.5, 0.6) is 5.75 Å². The largest absolute Gasteiger partial charge is 0.483 e. The number of hydrogen-bond acceptors (Lipinski definition) is 3. The smallest absolute Gasteiger partial charge is 0.258 e. The van der Waals surface area contributed by atoms with Gasteiger partial charge in [-0.25, -0.2) is 0 Å². The minimum absolute atomic E-state index is 0.112. The summed E-state index contributed by atoms with van der Waals surface area (Å²) in [6.07, 6.45) is 3.19. The van der Waals surface area contributed by atoms with E-state index < -0.39 is 5.91 Å². The molecule has 0 unspecified atom stereocenters. The molecular formula is C17H26N2O3. The Labute approximate surface area is 132 Å². The molecule has 0 bridgehead atoms. The first-order valence-corrected chi connectivity index (χ1v) is 7.71. The number of primary amides is 1. The number of nitrogens with two attached hydrogens (primary N) is 1. The minimum Gasteiger partial charge on any atom is -0.483 e. The van der Waals surface area contributed by atoms with Crippen LogP contribution in [-0.2, 0) is 4.79 Å². The lowest BCUT2D eigenvalue weighted by atomic mass is 10.0. The Morgan fingerprint density at radius 3 is 2.50 bits per heavy atom. The van der Waals surface area contributed by atoms with Gasteiger partial charge in [-0.05, 0) is 31.4 Å². The SMILES string of the molecule is CC(C)CCC[C@@H](C)NC(=O)COc1ccccc1C(N)=O. The van der Waals surface area contributed by atoms with E-state index in [1.54, 1.807) is 24.3 Å². The van der Waals surface area contributed by atoms with E-state index in [4.69, 9.17) is 10.5 Å². The van der Waals surface area contributed by atoms with Crippen LogP contribution in [0.2, 0.25) is 0 Å². The van der Waals surface area contributed by atoms with Gasteiger partial charge in [0.05, 0.1) is 5.56 Å². The van der Waals surface area contributed by atoms with Gasteiger partial charge in [-0.1, -0.05) is 38.8 Å². The molecule has 0 aliphatic carbocycles. The molecule has 0 aliphatic heterocycles. The summed E-state index contributed by atoms with van der Waals surface area (Å²) in [5.74, 6) is 0.239. The van der Waals surface area contributed by atoms with E-state index in [0.717, 1.165) is 19.3 Å². The minimum atomic E-state index is -0.571. The van der Waals surface area contributed by atoms with Crippen LogP contribution < -0.4 is 15.8 Å². The van der Waals surface area contributed by atoms with Gasteiger partial charge in [0.2, 0.25) is 0 Å². The van der Waals surface area contributed by atoms with Gasteiger partial charge in [0, 0.05) is 6.04 Å². The monoisotopic (exact) mass is 306 g/mol. The number of amides is 2. The second-order valence-corrected chi connectivity index (χ2v) is 5.94. The van der Waals surface area contributed by atoms with Crippen LogP contribution >= 0.6 is 0 Å². The van der Waals surface area contributed by atoms with Crippen LogP contribution in [0.15, 0.2) is 24.3 Å². The fourth-order valence-electron chi connectivity index (χ4n) is 2.16. The number of hydrogen-bond donors (Lipinski definition) is 2. The molecule has 0 fully saturated rings. The summed E-state index contributed by atoms with van der Waals surface area (Å²) in [6, 6.07) is 6.74. The Balaban J connectivity index is 2.39. The number of nitrogens with one attached hydrogen (secondary N) is 1. The second-order valence-electron chi connectivity index (χ2n) is 5.94. The average molecular weight is 306 g/mol. The Hall–Kier alpha value is -2.04. The number of carbonyl (C=O) groups is 2. The van der Waals surface area contributed by atoms with Crippen molar-refractivity contribution in [3.63, 3.8) is 0 Å². The summed E-state index contributed by atoms with van der Waals surface area (Å²) in [5.41, 5.74) is 5.54. The molecule has 0 spiro atoms. The molecule has 3 N–H and O–H groups in total. The van der Waals surface area contributed by atoms with Gasteiger partial charge in [0.1, 0.15) is 5.75 Å². The number of ether oxygens (including phenoxy) is 1. The van der Waals surface area contributed by atoms with Crippen molar-refractivity contribution in [2.75, 3.05) is 6.61 Å². The molecule has 1 aromatic rings. The van der Waals surface area contributed by atoms with Crippen molar-refractivity contribution in [1.82, 2.24) is 5.32 Å². The number of carbonyl (C=O) groups excluding carboxylic acids is 2. The quantitative estimate of drug-likeness (QED) is 0.735. The molecule has 1 aromatic carbocycles. The van der Waals surface area contributed by atoms with E-state index in [1.165, 1.54) is 0 Å². The van der Waals surface area contributed by atoms with Gasteiger partial charge in [0.15, 0.2) is 6.61 Å². The van der Waals surface area contributed by atoms with Crippen molar-refractivity contribution in [2.24, 2.45) is 11.7 Å². The summed E-state index contributed by atoms with van der Waals surface area (Å²) in [4.78, 5) is 23.1. The normalized spacial score (nSPS) is 12.0. The maximum atomic E-state index is 11.9. The third-order valence-electron chi connectivity index (χ3n) is 3.34. The van der Waals surface area contributed by atoms with E-state index in [0.29, 0.717) is 11.7 Å². The lowest BCUT2D eigenvalue weighted by Gasteiger charge is -2.15. The van der Waals surface area contributed by atoms with Crippen LogP contribution in [0.25, 0.3) is 0 Å². The third-order valence-corrected chi connectivity index (χ3v) is 3.34. The highest BCUT2D eigenvalue weighted by Gasteiger charge is 2.12. The maximum Gasteiger partial charge on any atom is 0.258 e. The molecule has 0 aromatic heterocycles. The first-order chi connectivity index (χ1) is 10.4. The molecule has 5 heteroatoms. The molecule has 1 atom stereocenters. The van der Waals surface area contributed by atoms with E-state index in [-0.39, 0.29) is 24.1 Å². The van der Waals surface area contributed by atoms with Gasteiger partial charge >= 0.3 is 0 Å². The molecule has 0 radical (unpaired) electrons. The topological polar surface area (TPSA) is 81.4 Å². The van der Waals surface area contributed by atoms with Crippen molar-refractivity contribution in [2.45, 2.75) is 46.1 Å². The molecule has 5 nitrogen and oxygen atoms in total. The predicted octanol–water partition coefficient (Wildman–Crippen LogP) is 2.50. The van der Waals surface area contributed by atoms with E-state index in [2.05, 4.69) is 19.2 Å². The molecule has 0 saturated heterocycles. The molecule has 0 heterocycles. The first-order valence-electron chi connectivity index (χ1n) is 7.71. The molecular weight excluding hydrogens is 280 g/mol. The maximum absolute atomic E-state index is 11.9. The zero-order valence-electron chi connectivity index (χ0n) is 13.6. The average Bonchev–Trinajstić information content (AvgIpc) is 2.44. The highest BCUT2D eigenvalue weighted by atomic mass is 16.5. The van der Waals surface area contributed by atoms with Gasteiger partial charge in [-0.15, -0.1) is 0 Å². The first kappa shape index (κ1) is 18.0. The molecule has 122 valence electrons. The van der Waals surface area contributed by atoms with Crippen molar-refractivity contribution in [3.8, 4) is 5.75 Å². The zero-order chi connectivity index (χ0) is 16.5. The fourth-order valence-corrected chi connectivity index (χ4v) is 2.16. The standard InChI is InChI=1S/C17H26N2O3/c1-12(2)7-6-8-13(3)19-16(20)11-22-15-10-5-4-9-14(15)17(18)21/h4-5,9-10,12-13H,6-8,11H2,1-3H3,(H2,18,21)(H,19,20)/t13-/m1/s1. The fraction of sp³-hybridized carbons (Fsp3) is 0.529. The van der Waals surface area contributed by atoms with Crippen LogP contribution in [0, 0.1) is 5.92 Å². The lowest BCUT2D eigenvalue weighted by molar-refractivity contribution is -0.123. The summed E-state index contributed by atoms with van der Waals surface area (Å²) in [6.45, 7) is 6.23. The van der Waals surface area contributed by atoms with Crippen molar-refractivity contribution in [1.29, 1.82) is 0 Å². The van der Waals surface area contributed by atoms with Gasteiger partial charge in [0.25, 0.3) is 11.8 Å². The second kappa shape index (κ2) is 9.07. The Morgan fingerprint density at radius 2 is 1.86 bits per heavy atom. The van der Waals surface area contributed by atoms with E-state index in [9.17, 15) is 9.59 Å². The van der Waals surface area contributed by atoms with Crippen molar-refractivity contribution < 1.29 is 14.3 Å². The summed E-state index contributed by atoms with van der Waals surface area (Å²) in [7, 11) is 0. The van der Waals surface area contributed by atoms with Crippen LogP contribution in [0.4, 0.5) is 0 Å².